The molecular weight excluding hydrogens is 435 g/mol. The fraction of sp³-hybridized carbons (Fsp3) is 0.355. The number of rotatable bonds is 14. The molecule has 2 aromatic carbocycles. The van der Waals surface area contributed by atoms with Crippen molar-refractivity contribution in [2.24, 2.45) is 0 Å². The van der Waals surface area contributed by atoms with Gasteiger partial charge < -0.3 is 4.74 Å². The van der Waals surface area contributed by atoms with E-state index < -0.39 is 0 Å². The number of hydrogen-bond donors (Lipinski definition) is 0. The van der Waals surface area contributed by atoms with Gasteiger partial charge in [-0.25, -0.2) is 14.4 Å². The van der Waals surface area contributed by atoms with Gasteiger partial charge in [0.05, 0.1) is 6.10 Å². The van der Waals surface area contributed by atoms with Crippen LogP contribution in [0.15, 0.2) is 73.6 Å². The minimum atomic E-state index is -0.272. The van der Waals surface area contributed by atoms with E-state index in [1.54, 1.807) is 24.5 Å². The van der Waals surface area contributed by atoms with Gasteiger partial charge in [-0.3, -0.25) is 0 Å². The van der Waals surface area contributed by atoms with Crippen molar-refractivity contribution < 1.29 is 9.13 Å². The van der Waals surface area contributed by atoms with Gasteiger partial charge in [0.25, 0.3) is 0 Å². The van der Waals surface area contributed by atoms with Crippen molar-refractivity contribution in [3.05, 3.63) is 90.5 Å². The number of aromatic nitrogens is 2. The molecule has 0 spiro atoms. The highest BCUT2D eigenvalue weighted by atomic mass is 19.1. The van der Waals surface area contributed by atoms with E-state index >= 15 is 0 Å². The second-order valence-electron chi connectivity index (χ2n) is 8.95. The van der Waals surface area contributed by atoms with Crippen LogP contribution in [0.5, 0.6) is 0 Å². The summed E-state index contributed by atoms with van der Waals surface area (Å²) in [7, 11) is 0. The van der Waals surface area contributed by atoms with Crippen LogP contribution >= 0.6 is 0 Å². The lowest BCUT2D eigenvalue weighted by molar-refractivity contribution is 0.0566. The molecule has 0 saturated carbocycles. The van der Waals surface area contributed by atoms with Crippen molar-refractivity contribution in [2.45, 2.75) is 64.9 Å². The number of hydrogen-bond acceptors (Lipinski definition) is 3. The molecule has 0 bridgehead atoms. The minimum Gasteiger partial charge on any atom is -0.379 e. The summed E-state index contributed by atoms with van der Waals surface area (Å²) < 4.78 is 20.7. The van der Waals surface area contributed by atoms with E-state index in [1.165, 1.54) is 18.4 Å². The van der Waals surface area contributed by atoms with E-state index in [1.807, 2.05) is 42.5 Å². The topological polar surface area (TPSA) is 35.0 Å². The molecule has 4 heteroatoms. The molecule has 0 radical (unpaired) electrons. The van der Waals surface area contributed by atoms with Crippen molar-refractivity contribution in [3.8, 4) is 22.5 Å². The Labute approximate surface area is 209 Å². The monoisotopic (exact) mass is 472 g/mol. The zero-order chi connectivity index (χ0) is 24.9. The lowest BCUT2D eigenvalue weighted by Gasteiger charge is -2.12. The maximum Gasteiger partial charge on any atom is 0.159 e. The summed E-state index contributed by atoms with van der Waals surface area (Å²) in [5.41, 5.74) is 4.15. The van der Waals surface area contributed by atoms with Crippen molar-refractivity contribution in [1.29, 1.82) is 0 Å². The zero-order valence-corrected chi connectivity index (χ0v) is 21.1. The van der Waals surface area contributed by atoms with Gasteiger partial charge in [-0.2, -0.15) is 0 Å². The number of nitrogens with zero attached hydrogens (tertiary/aromatic N) is 2. The van der Waals surface area contributed by atoms with E-state index in [9.17, 15) is 4.39 Å². The van der Waals surface area contributed by atoms with Gasteiger partial charge in [0.1, 0.15) is 5.82 Å². The number of unbranched alkanes of at least 4 members (excludes halogenated alkanes) is 3. The van der Waals surface area contributed by atoms with E-state index in [0.717, 1.165) is 49.8 Å². The first-order valence-corrected chi connectivity index (χ1v) is 12.7. The molecule has 184 valence electrons. The maximum absolute atomic E-state index is 14.8. The van der Waals surface area contributed by atoms with E-state index in [0.29, 0.717) is 23.1 Å². The number of benzene rings is 2. The second kappa shape index (κ2) is 14.3. The third-order valence-corrected chi connectivity index (χ3v) is 5.99. The lowest BCUT2D eigenvalue weighted by Crippen LogP contribution is -2.08. The molecule has 0 N–H and O–H groups in total. The molecule has 0 saturated heterocycles. The molecule has 3 aromatic rings. The van der Waals surface area contributed by atoms with Crippen molar-refractivity contribution in [2.75, 3.05) is 6.61 Å². The Morgan fingerprint density at radius 1 is 1.00 bits per heavy atom. The predicted octanol–water partition coefficient (Wildman–Crippen LogP) is 8.46. The molecule has 0 aliphatic carbocycles. The Morgan fingerprint density at radius 2 is 1.77 bits per heavy atom. The van der Waals surface area contributed by atoms with Crippen molar-refractivity contribution in [1.82, 2.24) is 9.97 Å². The highest BCUT2D eigenvalue weighted by molar-refractivity contribution is 5.66. The SMILES string of the molecule is C=CCc1ccc(-c2ncc(-c3ccc(/C=C/CCCC(C)OCCCCC)cc3F)cn2)cc1. The summed E-state index contributed by atoms with van der Waals surface area (Å²) in [4.78, 5) is 8.91. The molecule has 35 heavy (non-hydrogen) atoms. The average molecular weight is 473 g/mol. The summed E-state index contributed by atoms with van der Waals surface area (Å²) in [6.07, 6.45) is 17.1. The summed E-state index contributed by atoms with van der Waals surface area (Å²) in [5.74, 6) is 0.353. The molecule has 1 atom stereocenters. The first-order valence-electron chi connectivity index (χ1n) is 12.7. The Balaban J connectivity index is 1.51. The fourth-order valence-electron chi connectivity index (χ4n) is 3.90. The van der Waals surface area contributed by atoms with E-state index in [2.05, 4.69) is 36.5 Å². The van der Waals surface area contributed by atoms with Crippen molar-refractivity contribution in [3.63, 3.8) is 0 Å². The summed E-state index contributed by atoms with van der Waals surface area (Å²) in [6, 6.07) is 13.4. The highest BCUT2D eigenvalue weighted by Gasteiger charge is 2.08. The summed E-state index contributed by atoms with van der Waals surface area (Å²) in [6.45, 7) is 8.96. The quantitative estimate of drug-likeness (QED) is 0.174. The normalized spacial score (nSPS) is 12.2. The Kier molecular flexibility index (Phi) is 10.8. The molecule has 1 aromatic heterocycles. The highest BCUT2D eigenvalue weighted by Crippen LogP contribution is 2.25. The van der Waals surface area contributed by atoms with Gasteiger partial charge in [-0.05, 0) is 56.2 Å². The number of allylic oxidation sites excluding steroid dienone is 2. The zero-order valence-electron chi connectivity index (χ0n) is 21.1. The smallest absolute Gasteiger partial charge is 0.159 e. The Hall–Kier alpha value is -3.11. The van der Waals surface area contributed by atoms with Crippen LogP contribution in [0.2, 0.25) is 0 Å². The summed E-state index contributed by atoms with van der Waals surface area (Å²) in [5, 5.41) is 0. The van der Waals surface area contributed by atoms with Crippen LogP contribution in [0, 0.1) is 5.82 Å². The fourth-order valence-corrected chi connectivity index (χ4v) is 3.90. The molecule has 1 heterocycles. The van der Waals surface area contributed by atoms with Gasteiger partial charge in [0.15, 0.2) is 5.82 Å². The van der Waals surface area contributed by atoms with Crippen LogP contribution in [0.25, 0.3) is 28.6 Å². The molecule has 3 rings (SSSR count). The van der Waals surface area contributed by atoms with Crippen LogP contribution < -0.4 is 0 Å². The summed E-state index contributed by atoms with van der Waals surface area (Å²) >= 11 is 0. The average Bonchev–Trinajstić information content (AvgIpc) is 2.87. The predicted molar refractivity (Wildman–Crippen MR) is 145 cm³/mol. The third kappa shape index (κ3) is 8.56. The van der Waals surface area contributed by atoms with E-state index in [4.69, 9.17) is 4.74 Å². The van der Waals surface area contributed by atoms with Crippen LogP contribution in [0.3, 0.4) is 0 Å². The molecule has 0 amide bonds. The number of halogens is 1. The molecule has 0 aliphatic heterocycles. The molecule has 1 unspecified atom stereocenters. The lowest BCUT2D eigenvalue weighted by atomic mass is 10.0. The van der Waals surface area contributed by atoms with E-state index in [-0.39, 0.29) is 5.82 Å². The van der Waals surface area contributed by atoms with Gasteiger partial charge >= 0.3 is 0 Å². The van der Waals surface area contributed by atoms with Crippen LogP contribution in [0.4, 0.5) is 4.39 Å². The second-order valence-corrected chi connectivity index (χ2v) is 8.95. The molecule has 0 aliphatic rings. The largest absolute Gasteiger partial charge is 0.379 e. The first kappa shape index (κ1) is 26.5. The van der Waals surface area contributed by atoms with Gasteiger partial charge in [-0.15, -0.1) is 6.58 Å². The minimum absolute atomic E-state index is 0.272. The Bertz CT molecular complexity index is 1070. The first-order chi connectivity index (χ1) is 17.1. The van der Waals surface area contributed by atoms with Crippen molar-refractivity contribution >= 4 is 6.08 Å². The number of ether oxygens (including phenoxy) is 1. The molecular formula is C31H37FN2O. The van der Waals surface area contributed by atoms with Gasteiger partial charge in [-0.1, -0.05) is 74.4 Å². The van der Waals surface area contributed by atoms with Crippen LogP contribution in [-0.2, 0) is 11.2 Å². The van der Waals surface area contributed by atoms with Crippen LogP contribution in [0.1, 0.15) is 63.5 Å². The van der Waals surface area contributed by atoms with Crippen LogP contribution in [-0.4, -0.2) is 22.7 Å². The van der Waals surface area contributed by atoms with Gasteiger partial charge in [0.2, 0.25) is 0 Å². The molecule has 3 nitrogen and oxygen atoms in total. The third-order valence-electron chi connectivity index (χ3n) is 5.99. The standard InChI is InChI=1S/C31H37FN2O/c1-4-6-10-20-35-24(3)12-8-7-9-13-26-16-19-29(30(32)21-26)28-22-33-31(34-23-28)27-17-14-25(11-5-2)15-18-27/h5,9,13-19,21-24H,2,4,6-8,10-12,20H2,1,3H3/b13-9+. The Morgan fingerprint density at radius 3 is 2.46 bits per heavy atom. The maximum atomic E-state index is 14.8. The molecule has 0 fully saturated rings. The van der Waals surface area contributed by atoms with Gasteiger partial charge in [0, 0.05) is 35.7 Å².